The molecule has 2 aromatic carbocycles. The van der Waals surface area contributed by atoms with Crippen LogP contribution in [0.2, 0.25) is 5.02 Å². The van der Waals surface area contributed by atoms with E-state index in [-0.39, 0.29) is 6.61 Å². The first kappa shape index (κ1) is 20.8. The Kier molecular flexibility index (Phi) is 9.39. The van der Waals surface area contributed by atoms with Crippen molar-refractivity contribution >= 4 is 17.6 Å². The molecule has 4 N–H and O–H groups in total. The number of halogens is 1. The molecule has 7 heteroatoms. The van der Waals surface area contributed by atoms with Gasteiger partial charge in [0.2, 0.25) is 0 Å². The van der Waals surface area contributed by atoms with Gasteiger partial charge in [0.25, 0.3) is 0 Å². The zero-order valence-electron chi connectivity index (χ0n) is 13.9. The number of rotatable bonds is 7. The maximum absolute atomic E-state index is 10.7. The summed E-state index contributed by atoms with van der Waals surface area (Å²) in [6.07, 6.45) is -0.874. The van der Waals surface area contributed by atoms with Crippen LogP contribution in [-0.4, -0.2) is 35.4 Å². The van der Waals surface area contributed by atoms with Gasteiger partial charge in [-0.15, -0.1) is 0 Å². The summed E-state index contributed by atoms with van der Waals surface area (Å²) in [4.78, 5) is 10.7. The molecule has 6 nitrogen and oxygen atoms in total. The molecule has 0 radical (unpaired) electrons. The predicted molar refractivity (Wildman–Crippen MR) is 96.1 cm³/mol. The molecule has 1 unspecified atom stereocenters. The first-order chi connectivity index (χ1) is 12.0. The van der Waals surface area contributed by atoms with Gasteiger partial charge in [-0.05, 0) is 48.9 Å². The van der Waals surface area contributed by atoms with Gasteiger partial charge in [0, 0.05) is 11.6 Å². The van der Waals surface area contributed by atoms with Gasteiger partial charge in [-0.1, -0.05) is 23.7 Å². The molecule has 1 atom stereocenters. The first-order valence-electron chi connectivity index (χ1n) is 7.64. The predicted octanol–water partition coefficient (Wildman–Crippen LogP) is 2.71. The second kappa shape index (κ2) is 11.3. The Morgan fingerprint density at radius 1 is 1.12 bits per heavy atom. The zero-order chi connectivity index (χ0) is 18.7. The second-order valence-corrected chi connectivity index (χ2v) is 5.43. The van der Waals surface area contributed by atoms with Crippen molar-refractivity contribution in [3.05, 3.63) is 59.1 Å². The van der Waals surface area contributed by atoms with E-state index in [2.05, 4.69) is 0 Å². The normalized spacial score (nSPS) is 11.0. The lowest BCUT2D eigenvalue weighted by Crippen LogP contribution is -2.22. The fourth-order valence-electron chi connectivity index (χ4n) is 1.62. The third-order valence-corrected chi connectivity index (χ3v) is 3.18. The summed E-state index contributed by atoms with van der Waals surface area (Å²) in [5.41, 5.74) is 5.74. The van der Waals surface area contributed by atoms with E-state index in [1.807, 2.05) is 12.1 Å². The average Bonchev–Trinajstić information content (AvgIpc) is 2.62. The number of nitrogens with two attached hydrogens (primary N) is 1. The van der Waals surface area contributed by atoms with E-state index in [4.69, 9.17) is 37.0 Å². The average molecular weight is 368 g/mol. The van der Waals surface area contributed by atoms with E-state index >= 15 is 0 Å². The van der Waals surface area contributed by atoms with Gasteiger partial charge in [-0.2, -0.15) is 0 Å². The summed E-state index contributed by atoms with van der Waals surface area (Å²) in [5.74, 6) is 0.254. The molecule has 0 saturated heterocycles. The third kappa shape index (κ3) is 8.39. The number of ether oxygens (including phenoxy) is 2. The molecule has 0 amide bonds. The fraction of sp³-hybridized carbons (Fsp3) is 0.278. The van der Waals surface area contributed by atoms with Gasteiger partial charge in [0.1, 0.15) is 18.1 Å². The molecule has 0 saturated carbocycles. The molecule has 0 aliphatic rings. The standard InChI is InChI=1S/C16H15ClO4.C2H7NO/c1-11(16(18)19)21-15-6-2-12(3-7-15)10-20-14-8-4-13(17)5-9-14;3-1-2-4/h2-9,11H,10H2,1H3,(H,18,19);4H,1-3H2. The lowest BCUT2D eigenvalue weighted by molar-refractivity contribution is -0.144. The van der Waals surface area contributed by atoms with E-state index in [9.17, 15) is 4.79 Å². The molecule has 136 valence electrons. The molecule has 0 aliphatic carbocycles. The molecule has 0 aromatic heterocycles. The minimum atomic E-state index is -0.995. The molecule has 2 rings (SSSR count). The van der Waals surface area contributed by atoms with Crippen LogP contribution < -0.4 is 15.2 Å². The van der Waals surface area contributed by atoms with Crippen molar-refractivity contribution in [3.63, 3.8) is 0 Å². The van der Waals surface area contributed by atoms with Gasteiger partial charge >= 0.3 is 5.97 Å². The molecule has 0 aliphatic heterocycles. The number of carboxylic acids is 1. The monoisotopic (exact) mass is 367 g/mol. The van der Waals surface area contributed by atoms with Crippen molar-refractivity contribution in [1.82, 2.24) is 0 Å². The lowest BCUT2D eigenvalue weighted by atomic mass is 10.2. The number of hydrogen-bond acceptors (Lipinski definition) is 5. The van der Waals surface area contributed by atoms with Crippen molar-refractivity contribution in [2.45, 2.75) is 19.6 Å². The highest BCUT2D eigenvalue weighted by atomic mass is 35.5. The Bertz CT molecular complexity index is 629. The summed E-state index contributed by atoms with van der Waals surface area (Å²) in [6, 6.07) is 14.2. The van der Waals surface area contributed by atoms with Crippen LogP contribution in [0.3, 0.4) is 0 Å². The molecule has 2 aromatic rings. The number of hydrogen-bond donors (Lipinski definition) is 3. The SMILES string of the molecule is CC(Oc1ccc(COc2ccc(Cl)cc2)cc1)C(=O)O.NCCO. The van der Waals surface area contributed by atoms with Gasteiger partial charge in [0.05, 0.1) is 6.61 Å². The molecule has 0 bridgehead atoms. The number of carbonyl (C=O) groups is 1. The van der Waals surface area contributed by atoms with E-state index in [1.165, 1.54) is 6.92 Å². The lowest BCUT2D eigenvalue weighted by Gasteiger charge is -2.11. The van der Waals surface area contributed by atoms with Gasteiger partial charge in [0.15, 0.2) is 6.10 Å². The third-order valence-electron chi connectivity index (χ3n) is 2.93. The summed E-state index contributed by atoms with van der Waals surface area (Å²) in [7, 11) is 0. The van der Waals surface area contributed by atoms with Crippen LogP contribution in [0.1, 0.15) is 12.5 Å². The van der Waals surface area contributed by atoms with E-state index in [0.717, 1.165) is 11.3 Å². The van der Waals surface area contributed by atoms with Crippen molar-refractivity contribution < 1.29 is 24.5 Å². The summed E-state index contributed by atoms with van der Waals surface area (Å²) in [6.45, 7) is 2.37. The van der Waals surface area contributed by atoms with Crippen LogP contribution in [-0.2, 0) is 11.4 Å². The Morgan fingerprint density at radius 3 is 2.12 bits per heavy atom. The van der Waals surface area contributed by atoms with Crippen LogP contribution in [0, 0.1) is 0 Å². The zero-order valence-corrected chi connectivity index (χ0v) is 14.6. The first-order valence-corrected chi connectivity index (χ1v) is 8.01. The Balaban J connectivity index is 0.000000705. The van der Waals surface area contributed by atoms with Gasteiger partial charge < -0.3 is 25.4 Å². The quantitative estimate of drug-likeness (QED) is 0.695. The number of aliphatic hydroxyl groups excluding tert-OH is 1. The molecular formula is C18H22ClNO5. The van der Waals surface area contributed by atoms with Crippen molar-refractivity contribution in [2.75, 3.05) is 13.2 Å². The Morgan fingerprint density at radius 2 is 1.64 bits per heavy atom. The minimum Gasteiger partial charge on any atom is -0.489 e. The largest absolute Gasteiger partial charge is 0.489 e. The molecular weight excluding hydrogens is 346 g/mol. The smallest absolute Gasteiger partial charge is 0.344 e. The van der Waals surface area contributed by atoms with E-state index in [0.29, 0.717) is 23.9 Å². The highest BCUT2D eigenvalue weighted by Crippen LogP contribution is 2.18. The van der Waals surface area contributed by atoms with Crippen LogP contribution in [0.5, 0.6) is 11.5 Å². The van der Waals surface area contributed by atoms with Crippen molar-refractivity contribution in [2.24, 2.45) is 5.73 Å². The topological polar surface area (TPSA) is 102 Å². The van der Waals surface area contributed by atoms with E-state index < -0.39 is 12.1 Å². The van der Waals surface area contributed by atoms with Crippen molar-refractivity contribution in [3.8, 4) is 11.5 Å². The molecule has 0 fully saturated rings. The number of carboxylic acid groups (broad SMARTS) is 1. The van der Waals surface area contributed by atoms with Crippen molar-refractivity contribution in [1.29, 1.82) is 0 Å². The highest BCUT2D eigenvalue weighted by molar-refractivity contribution is 6.30. The van der Waals surface area contributed by atoms with Gasteiger partial charge in [-0.25, -0.2) is 4.79 Å². The number of benzene rings is 2. The minimum absolute atomic E-state index is 0.0972. The maximum atomic E-state index is 10.7. The Hall–Kier alpha value is -2.28. The van der Waals surface area contributed by atoms with Crippen LogP contribution >= 0.6 is 11.6 Å². The van der Waals surface area contributed by atoms with Gasteiger partial charge in [-0.3, -0.25) is 0 Å². The summed E-state index contributed by atoms with van der Waals surface area (Å²) < 4.78 is 10.9. The number of aliphatic hydroxyl groups is 1. The second-order valence-electron chi connectivity index (χ2n) is 5.00. The van der Waals surface area contributed by atoms with Crippen LogP contribution in [0.4, 0.5) is 0 Å². The fourth-order valence-corrected chi connectivity index (χ4v) is 1.74. The highest BCUT2D eigenvalue weighted by Gasteiger charge is 2.11. The summed E-state index contributed by atoms with van der Waals surface area (Å²) >= 11 is 5.80. The number of aliphatic carboxylic acids is 1. The summed E-state index contributed by atoms with van der Waals surface area (Å²) in [5, 5.41) is 17.2. The molecule has 0 heterocycles. The Labute approximate surface area is 151 Å². The molecule has 0 spiro atoms. The molecule has 25 heavy (non-hydrogen) atoms. The van der Waals surface area contributed by atoms with Crippen LogP contribution in [0.15, 0.2) is 48.5 Å². The maximum Gasteiger partial charge on any atom is 0.344 e. The van der Waals surface area contributed by atoms with Crippen LogP contribution in [0.25, 0.3) is 0 Å². The van der Waals surface area contributed by atoms with E-state index in [1.54, 1.807) is 36.4 Å².